The van der Waals surface area contributed by atoms with E-state index in [1.54, 1.807) is 0 Å². The zero-order chi connectivity index (χ0) is 25.1. The molecule has 0 saturated carbocycles. The highest BCUT2D eigenvalue weighted by Crippen LogP contribution is 2.44. The van der Waals surface area contributed by atoms with E-state index in [4.69, 9.17) is 4.74 Å². The van der Waals surface area contributed by atoms with Gasteiger partial charge in [0.1, 0.15) is 22.5 Å². The third kappa shape index (κ3) is 6.34. The lowest BCUT2D eigenvalue weighted by molar-refractivity contribution is -0.140. The van der Waals surface area contributed by atoms with Crippen LogP contribution in [0.3, 0.4) is 0 Å². The number of sulfone groups is 1. The second-order valence-corrected chi connectivity index (χ2v) is 11.2. The first-order valence-corrected chi connectivity index (χ1v) is 12.8. The van der Waals surface area contributed by atoms with Crippen molar-refractivity contribution in [3.05, 3.63) is 59.7 Å². The Morgan fingerprint density at radius 1 is 1.03 bits per heavy atom. The number of aliphatic carboxylic acids is 1. The van der Waals surface area contributed by atoms with E-state index in [2.05, 4.69) is 10.6 Å². The van der Waals surface area contributed by atoms with Gasteiger partial charge in [-0.05, 0) is 36.1 Å². The van der Waals surface area contributed by atoms with Crippen LogP contribution < -0.4 is 10.6 Å². The van der Waals surface area contributed by atoms with E-state index < -0.39 is 45.8 Å². The Bertz CT molecular complexity index is 1160. The lowest BCUT2D eigenvalue weighted by Gasteiger charge is -2.28. The summed E-state index contributed by atoms with van der Waals surface area (Å²) in [5.41, 5.74) is 2.98. The van der Waals surface area contributed by atoms with Crippen molar-refractivity contribution in [1.29, 1.82) is 0 Å². The van der Waals surface area contributed by atoms with E-state index >= 15 is 0 Å². The third-order valence-corrected chi connectivity index (χ3v) is 6.66. The van der Waals surface area contributed by atoms with E-state index in [9.17, 15) is 27.9 Å². The molecule has 0 heterocycles. The number of amides is 2. The van der Waals surface area contributed by atoms with Gasteiger partial charge in [0.25, 0.3) is 0 Å². The highest BCUT2D eigenvalue weighted by molar-refractivity contribution is 7.90. The second-order valence-electron chi connectivity index (χ2n) is 9.06. The van der Waals surface area contributed by atoms with E-state index in [1.165, 1.54) is 13.8 Å². The minimum Gasteiger partial charge on any atom is -0.481 e. The molecule has 0 fully saturated rings. The Labute approximate surface area is 198 Å². The molecule has 1 aliphatic rings. The van der Waals surface area contributed by atoms with Crippen molar-refractivity contribution in [2.45, 2.75) is 37.8 Å². The zero-order valence-corrected chi connectivity index (χ0v) is 20.0. The SMILES string of the molecule is CC(C)(CS(C)(=O)=O)NC(=O)C(CC(=O)O)NC(=O)OCC1c2ccccc2-c2ccccc21. The predicted molar refractivity (Wildman–Crippen MR) is 126 cm³/mol. The monoisotopic (exact) mass is 488 g/mol. The molecule has 2 aromatic rings. The van der Waals surface area contributed by atoms with Gasteiger partial charge in [-0.3, -0.25) is 9.59 Å². The van der Waals surface area contributed by atoms with E-state index in [0.29, 0.717) is 0 Å². The molecular weight excluding hydrogens is 460 g/mol. The highest BCUT2D eigenvalue weighted by atomic mass is 32.2. The number of fused-ring (bicyclic) bond motifs is 3. The van der Waals surface area contributed by atoms with Crippen molar-refractivity contribution in [2.75, 3.05) is 18.6 Å². The van der Waals surface area contributed by atoms with Crippen LogP contribution in [0.1, 0.15) is 37.3 Å². The molecule has 0 radical (unpaired) electrons. The molecule has 1 atom stereocenters. The lowest BCUT2D eigenvalue weighted by Crippen LogP contribution is -2.56. The number of hydrogen-bond donors (Lipinski definition) is 3. The number of carbonyl (C=O) groups excluding carboxylic acids is 2. The number of carboxylic acid groups (broad SMARTS) is 1. The summed E-state index contributed by atoms with van der Waals surface area (Å²) in [5.74, 6) is -2.67. The van der Waals surface area contributed by atoms with Gasteiger partial charge in [-0.15, -0.1) is 0 Å². The number of hydrogen-bond acceptors (Lipinski definition) is 6. The molecule has 1 aliphatic carbocycles. The van der Waals surface area contributed by atoms with Crippen molar-refractivity contribution < 1.29 is 32.6 Å². The summed E-state index contributed by atoms with van der Waals surface area (Å²) in [6.07, 6.45) is -0.598. The van der Waals surface area contributed by atoms with E-state index in [0.717, 1.165) is 28.5 Å². The van der Waals surface area contributed by atoms with Gasteiger partial charge in [0.15, 0.2) is 0 Å². The molecule has 2 aromatic carbocycles. The molecule has 10 heteroatoms. The predicted octanol–water partition coefficient (Wildman–Crippen LogP) is 2.31. The summed E-state index contributed by atoms with van der Waals surface area (Å²) < 4.78 is 28.6. The molecular formula is C24H28N2O7S. The number of carbonyl (C=O) groups is 3. The average Bonchev–Trinajstić information content (AvgIpc) is 3.03. The molecule has 0 spiro atoms. The van der Waals surface area contributed by atoms with Crippen molar-refractivity contribution >= 4 is 27.8 Å². The topological polar surface area (TPSA) is 139 Å². The van der Waals surface area contributed by atoms with Crippen molar-refractivity contribution in [1.82, 2.24) is 10.6 Å². The maximum absolute atomic E-state index is 12.7. The van der Waals surface area contributed by atoms with Crippen LogP contribution in [0.15, 0.2) is 48.5 Å². The van der Waals surface area contributed by atoms with Gasteiger partial charge in [0, 0.05) is 17.7 Å². The smallest absolute Gasteiger partial charge is 0.407 e. The molecule has 2 amide bonds. The Kier molecular flexibility index (Phi) is 7.30. The van der Waals surface area contributed by atoms with Gasteiger partial charge in [0.05, 0.1) is 12.2 Å². The summed E-state index contributed by atoms with van der Waals surface area (Å²) in [6, 6.07) is 14.2. The molecule has 3 rings (SSSR count). The number of nitrogens with one attached hydrogen (secondary N) is 2. The summed E-state index contributed by atoms with van der Waals surface area (Å²) in [6.45, 7) is 3.00. The quantitative estimate of drug-likeness (QED) is 0.492. The highest BCUT2D eigenvalue weighted by Gasteiger charge is 2.32. The van der Waals surface area contributed by atoms with Gasteiger partial charge in [0.2, 0.25) is 5.91 Å². The second kappa shape index (κ2) is 9.84. The Balaban J connectivity index is 1.68. The van der Waals surface area contributed by atoms with Crippen LogP contribution in [0, 0.1) is 0 Å². The molecule has 182 valence electrons. The molecule has 0 bridgehead atoms. The van der Waals surface area contributed by atoms with Gasteiger partial charge in [-0.1, -0.05) is 48.5 Å². The summed E-state index contributed by atoms with van der Waals surface area (Å²) in [5, 5.41) is 14.0. The van der Waals surface area contributed by atoms with Crippen LogP contribution in [0.2, 0.25) is 0 Å². The molecule has 0 aliphatic heterocycles. The minimum atomic E-state index is -3.41. The summed E-state index contributed by atoms with van der Waals surface area (Å²) in [4.78, 5) is 36.4. The molecule has 0 aromatic heterocycles. The van der Waals surface area contributed by atoms with Crippen LogP contribution in [0.5, 0.6) is 0 Å². The van der Waals surface area contributed by atoms with Crippen molar-refractivity contribution in [3.8, 4) is 11.1 Å². The minimum absolute atomic E-state index is 0.000835. The lowest BCUT2D eigenvalue weighted by atomic mass is 9.98. The van der Waals surface area contributed by atoms with E-state index in [1.807, 2.05) is 48.5 Å². The number of alkyl carbamates (subject to hydrolysis) is 1. The van der Waals surface area contributed by atoms with Gasteiger partial charge in [-0.2, -0.15) is 0 Å². The standard InChI is InChI=1S/C24H28N2O7S/c1-24(2,14-34(3,31)32)26-22(29)20(12-21(27)28)25-23(30)33-13-19-17-10-6-4-8-15(17)16-9-5-7-11-18(16)19/h4-11,19-20H,12-14H2,1-3H3,(H,25,30)(H,26,29)(H,27,28). The van der Waals surface area contributed by atoms with Crippen LogP contribution >= 0.6 is 0 Å². The van der Waals surface area contributed by atoms with Gasteiger partial charge in [-0.25, -0.2) is 13.2 Å². The Morgan fingerprint density at radius 2 is 1.56 bits per heavy atom. The molecule has 34 heavy (non-hydrogen) atoms. The van der Waals surface area contributed by atoms with Crippen LogP contribution in [-0.2, 0) is 24.2 Å². The van der Waals surface area contributed by atoms with Crippen molar-refractivity contribution in [2.24, 2.45) is 0 Å². The van der Waals surface area contributed by atoms with Crippen LogP contribution in [0.4, 0.5) is 4.79 Å². The largest absolute Gasteiger partial charge is 0.481 e. The van der Waals surface area contributed by atoms with Crippen LogP contribution in [0.25, 0.3) is 11.1 Å². The normalized spacial score (nSPS) is 14.0. The number of benzene rings is 2. The maximum Gasteiger partial charge on any atom is 0.407 e. The molecule has 3 N–H and O–H groups in total. The average molecular weight is 489 g/mol. The fourth-order valence-electron chi connectivity index (χ4n) is 4.28. The number of carboxylic acids is 1. The Morgan fingerprint density at radius 3 is 2.06 bits per heavy atom. The third-order valence-electron chi connectivity index (χ3n) is 5.42. The fraction of sp³-hybridized carbons (Fsp3) is 0.375. The zero-order valence-electron chi connectivity index (χ0n) is 19.2. The van der Waals surface area contributed by atoms with Crippen molar-refractivity contribution in [3.63, 3.8) is 0 Å². The molecule has 9 nitrogen and oxygen atoms in total. The first-order chi connectivity index (χ1) is 15.9. The first-order valence-electron chi connectivity index (χ1n) is 10.7. The van der Waals surface area contributed by atoms with E-state index in [-0.39, 0.29) is 18.3 Å². The van der Waals surface area contributed by atoms with Gasteiger partial charge >= 0.3 is 12.1 Å². The molecule has 0 saturated heterocycles. The first kappa shape index (κ1) is 25.2. The summed E-state index contributed by atoms with van der Waals surface area (Å²) >= 11 is 0. The Hall–Kier alpha value is -3.40. The maximum atomic E-state index is 12.7. The molecule has 1 unspecified atom stereocenters. The summed E-state index contributed by atoms with van der Waals surface area (Å²) in [7, 11) is -3.41. The van der Waals surface area contributed by atoms with Crippen LogP contribution in [-0.4, -0.2) is 61.7 Å². The van der Waals surface area contributed by atoms with Gasteiger partial charge < -0.3 is 20.5 Å². The number of rotatable bonds is 9. The fourth-order valence-corrected chi connectivity index (χ4v) is 5.66. The number of ether oxygens (including phenoxy) is 1.